The van der Waals surface area contributed by atoms with Crippen LogP contribution in [-0.2, 0) is 17.3 Å². The molecule has 0 unspecified atom stereocenters. The van der Waals surface area contributed by atoms with Crippen LogP contribution in [0, 0.1) is 0 Å². The fraction of sp³-hybridized carbons (Fsp3) is 0.474. The first-order valence-electron chi connectivity index (χ1n) is 9.08. The molecule has 4 rings (SSSR count). The second-order valence-electron chi connectivity index (χ2n) is 7.36. The number of carbonyl (C=O) groups excluding carboxylic acids is 1. The van der Waals surface area contributed by atoms with Gasteiger partial charge in [0.2, 0.25) is 0 Å². The molecule has 2 aromatic rings. The van der Waals surface area contributed by atoms with Gasteiger partial charge in [0, 0.05) is 0 Å². The molecule has 0 saturated heterocycles. The normalized spacial score (nSPS) is 25.8. The molecule has 5 nitrogen and oxygen atoms in total. The van der Waals surface area contributed by atoms with Crippen molar-refractivity contribution in [2.75, 3.05) is 0 Å². The largest absolute Gasteiger partial charge is 0.447 e. The number of hydrogen-bond acceptors (Lipinski definition) is 4. The number of carbonyl (C=O) groups is 1. The molecule has 0 bridgehead atoms. The van der Waals surface area contributed by atoms with Crippen molar-refractivity contribution in [2.45, 2.75) is 56.0 Å². The van der Waals surface area contributed by atoms with Crippen molar-refractivity contribution in [1.29, 1.82) is 0 Å². The Balaban J connectivity index is 1.76. The molecule has 10 heteroatoms. The van der Waals surface area contributed by atoms with Crippen LogP contribution in [0.4, 0.5) is 22.0 Å². The molecule has 3 atom stereocenters. The van der Waals surface area contributed by atoms with E-state index in [1.807, 2.05) is 0 Å². The van der Waals surface area contributed by atoms with Crippen molar-refractivity contribution >= 4 is 5.97 Å². The van der Waals surface area contributed by atoms with Crippen LogP contribution in [0.15, 0.2) is 30.3 Å². The topological polar surface area (TPSA) is 64.3 Å². The number of ether oxygens (including phenoxy) is 1. The van der Waals surface area contributed by atoms with E-state index >= 15 is 0 Å². The number of fused-ring (bicyclic) bond motifs is 1. The Morgan fingerprint density at radius 1 is 1.21 bits per heavy atom. The highest BCUT2D eigenvalue weighted by Gasteiger charge is 2.58. The lowest BCUT2D eigenvalue weighted by molar-refractivity contribution is -0.147. The van der Waals surface area contributed by atoms with Gasteiger partial charge in [0.25, 0.3) is 5.92 Å². The molecule has 1 heterocycles. The van der Waals surface area contributed by atoms with Crippen molar-refractivity contribution in [3.05, 3.63) is 52.8 Å². The monoisotopic (exact) mass is 416 g/mol. The SMILES string of the molecule is O=C(O[C@H]1c2c(C(F)(F)F)nn([C@@H]3CC[C@@H](O)C3)c2CC1(F)F)c1ccccc1. The zero-order chi connectivity index (χ0) is 21.0. The summed E-state index contributed by atoms with van der Waals surface area (Å²) in [5.41, 5.74) is -2.62. The number of halogens is 5. The second-order valence-corrected chi connectivity index (χ2v) is 7.36. The minimum atomic E-state index is -5.00. The molecule has 2 aliphatic carbocycles. The molecule has 1 aromatic heterocycles. The Morgan fingerprint density at radius 3 is 2.48 bits per heavy atom. The summed E-state index contributed by atoms with van der Waals surface area (Å²) in [5, 5.41) is 13.3. The Hall–Kier alpha value is -2.49. The van der Waals surface area contributed by atoms with E-state index in [-0.39, 0.29) is 17.7 Å². The quantitative estimate of drug-likeness (QED) is 0.605. The van der Waals surface area contributed by atoms with Gasteiger partial charge in [0.1, 0.15) is 0 Å². The predicted molar refractivity (Wildman–Crippen MR) is 89.4 cm³/mol. The smallest absolute Gasteiger partial charge is 0.435 e. The summed E-state index contributed by atoms with van der Waals surface area (Å²) in [6.45, 7) is 0. The van der Waals surface area contributed by atoms with E-state index in [9.17, 15) is 31.9 Å². The van der Waals surface area contributed by atoms with Crippen LogP contribution in [0.1, 0.15) is 58.7 Å². The molecule has 1 fully saturated rings. The lowest BCUT2D eigenvalue weighted by Crippen LogP contribution is -2.29. The Labute approximate surface area is 162 Å². The van der Waals surface area contributed by atoms with E-state index in [4.69, 9.17) is 4.74 Å². The third-order valence-electron chi connectivity index (χ3n) is 5.33. The first-order valence-corrected chi connectivity index (χ1v) is 9.08. The summed E-state index contributed by atoms with van der Waals surface area (Å²) in [5.74, 6) is -4.85. The summed E-state index contributed by atoms with van der Waals surface area (Å²) < 4.78 is 76.0. The third-order valence-corrected chi connectivity index (χ3v) is 5.33. The third kappa shape index (κ3) is 3.50. The lowest BCUT2D eigenvalue weighted by atomic mass is 10.1. The van der Waals surface area contributed by atoms with Crippen LogP contribution >= 0.6 is 0 Å². The van der Waals surface area contributed by atoms with Crippen LogP contribution in [0.3, 0.4) is 0 Å². The molecule has 0 radical (unpaired) electrons. The number of rotatable bonds is 3. The van der Waals surface area contributed by atoms with E-state index in [2.05, 4.69) is 5.10 Å². The first-order chi connectivity index (χ1) is 13.6. The first kappa shape index (κ1) is 19.8. The standard InChI is InChI=1S/C19H17F5N2O3/c20-18(21)9-13-14(16(18)29-17(28)10-4-2-1-3-5-10)15(19(22,23)24)25-26(13)11-6-7-12(27)8-11/h1-5,11-12,16,27H,6-9H2/t11-,12-,16+/m1/s1. The van der Waals surface area contributed by atoms with Crippen LogP contribution < -0.4 is 0 Å². The maximum atomic E-state index is 14.7. The van der Waals surface area contributed by atoms with Crippen LogP contribution in [0.5, 0.6) is 0 Å². The predicted octanol–water partition coefficient (Wildman–Crippen LogP) is 4.08. The van der Waals surface area contributed by atoms with Gasteiger partial charge in [-0.05, 0) is 31.4 Å². The number of hydrogen-bond donors (Lipinski definition) is 1. The molecular formula is C19H17F5N2O3. The number of alkyl halides is 5. The summed E-state index contributed by atoms with van der Waals surface area (Å²) in [7, 11) is 0. The van der Waals surface area contributed by atoms with Gasteiger partial charge in [-0.2, -0.15) is 18.3 Å². The van der Waals surface area contributed by atoms with E-state index in [0.717, 1.165) is 4.68 Å². The second kappa shape index (κ2) is 6.79. The number of aliphatic hydroxyl groups excluding tert-OH is 1. The molecule has 1 N–H and O–H groups in total. The highest BCUT2D eigenvalue weighted by atomic mass is 19.4. The molecule has 2 aliphatic rings. The lowest BCUT2D eigenvalue weighted by Gasteiger charge is -2.21. The molecule has 29 heavy (non-hydrogen) atoms. The van der Waals surface area contributed by atoms with Crippen molar-refractivity contribution in [3.8, 4) is 0 Å². The van der Waals surface area contributed by atoms with Crippen LogP contribution in [0.25, 0.3) is 0 Å². The zero-order valence-corrected chi connectivity index (χ0v) is 15.0. The number of benzene rings is 1. The minimum Gasteiger partial charge on any atom is -0.447 e. The van der Waals surface area contributed by atoms with E-state index in [1.54, 1.807) is 6.07 Å². The van der Waals surface area contributed by atoms with Crippen molar-refractivity contribution in [2.24, 2.45) is 0 Å². The highest BCUT2D eigenvalue weighted by Crippen LogP contribution is 2.51. The fourth-order valence-corrected chi connectivity index (χ4v) is 4.02. The molecule has 0 spiro atoms. The summed E-state index contributed by atoms with van der Waals surface area (Å²) in [6.07, 6.45) is -8.32. The van der Waals surface area contributed by atoms with Gasteiger partial charge >= 0.3 is 12.1 Å². The van der Waals surface area contributed by atoms with Gasteiger partial charge in [-0.15, -0.1) is 0 Å². The van der Waals surface area contributed by atoms with Crippen molar-refractivity contribution in [1.82, 2.24) is 9.78 Å². The molecule has 1 aromatic carbocycles. The average molecular weight is 416 g/mol. The highest BCUT2D eigenvalue weighted by molar-refractivity contribution is 5.89. The van der Waals surface area contributed by atoms with Gasteiger partial charge < -0.3 is 9.84 Å². The van der Waals surface area contributed by atoms with Gasteiger partial charge in [-0.1, -0.05) is 18.2 Å². The fourth-order valence-electron chi connectivity index (χ4n) is 4.02. The number of aliphatic hydroxyl groups is 1. The summed E-state index contributed by atoms with van der Waals surface area (Å²) >= 11 is 0. The van der Waals surface area contributed by atoms with Crippen molar-refractivity contribution in [3.63, 3.8) is 0 Å². The molecule has 156 valence electrons. The number of nitrogens with zero attached hydrogens (tertiary/aromatic N) is 2. The Morgan fingerprint density at radius 2 is 1.90 bits per heavy atom. The number of esters is 1. The van der Waals surface area contributed by atoms with E-state index in [0.29, 0.717) is 12.8 Å². The molecule has 0 aliphatic heterocycles. The van der Waals surface area contributed by atoms with Gasteiger partial charge in [0.05, 0.1) is 35.4 Å². The maximum absolute atomic E-state index is 14.7. The van der Waals surface area contributed by atoms with E-state index < -0.39 is 54.0 Å². The van der Waals surface area contributed by atoms with E-state index in [1.165, 1.54) is 24.3 Å². The molecule has 0 amide bonds. The summed E-state index contributed by atoms with van der Waals surface area (Å²) in [4.78, 5) is 12.3. The van der Waals surface area contributed by atoms with Gasteiger partial charge in [-0.3, -0.25) is 4.68 Å². The van der Waals surface area contributed by atoms with Crippen LogP contribution in [0.2, 0.25) is 0 Å². The minimum absolute atomic E-state index is 0.0448. The molecule has 1 saturated carbocycles. The van der Waals surface area contributed by atoms with Crippen LogP contribution in [-0.4, -0.2) is 32.9 Å². The van der Waals surface area contributed by atoms with Crippen molar-refractivity contribution < 1.29 is 36.6 Å². The number of aromatic nitrogens is 2. The van der Waals surface area contributed by atoms with Gasteiger partial charge in [-0.25, -0.2) is 13.6 Å². The molecular weight excluding hydrogens is 399 g/mol. The Kier molecular flexibility index (Phi) is 4.64. The zero-order valence-electron chi connectivity index (χ0n) is 15.0. The Bertz CT molecular complexity index is 926. The maximum Gasteiger partial charge on any atom is 0.435 e. The summed E-state index contributed by atoms with van der Waals surface area (Å²) in [6, 6.07) is 6.60. The average Bonchev–Trinajstić information content (AvgIpc) is 3.29. The van der Waals surface area contributed by atoms with Gasteiger partial charge in [0.15, 0.2) is 11.8 Å².